The second-order valence-corrected chi connectivity index (χ2v) is 5.49. The molecular weight excluding hydrogens is 345 g/mol. The van der Waals surface area contributed by atoms with E-state index in [1.165, 1.54) is 12.1 Å². The lowest BCUT2D eigenvalue weighted by Crippen LogP contribution is -2.02. The molecule has 0 aliphatic carbocycles. The molecule has 0 aliphatic rings. The Kier molecular flexibility index (Phi) is 5.20. The number of pyridine rings is 1. The Morgan fingerprint density at radius 3 is 2.85 bits per heavy atom. The summed E-state index contributed by atoms with van der Waals surface area (Å²) < 4.78 is 13.8. The Balaban J connectivity index is 2.22. The first-order valence-electron chi connectivity index (χ1n) is 6.21. The Hall–Kier alpha value is -1.33. The molecule has 2 aromatic rings. The highest BCUT2D eigenvalue weighted by Gasteiger charge is 2.08. The maximum atomic E-state index is 13.2. The molecule has 0 fully saturated rings. The lowest BCUT2D eigenvalue weighted by molar-refractivity contribution is 0.627. The second kappa shape index (κ2) is 6.90. The summed E-state index contributed by atoms with van der Waals surface area (Å²) in [5.41, 5.74) is 1.45. The van der Waals surface area contributed by atoms with Crippen LogP contribution in [-0.4, -0.2) is 11.5 Å². The fourth-order valence-corrected chi connectivity index (χ4v) is 2.56. The second-order valence-electron chi connectivity index (χ2n) is 4.23. The maximum absolute atomic E-state index is 13.2. The molecule has 0 spiro atoms. The van der Waals surface area contributed by atoms with Crippen LogP contribution in [0.5, 0.6) is 0 Å². The fraction of sp³-hybridized carbons (Fsp3) is 0.214. The first-order chi connectivity index (χ1) is 9.60. The summed E-state index contributed by atoms with van der Waals surface area (Å²) in [7, 11) is 0. The van der Waals surface area contributed by atoms with Crippen molar-refractivity contribution >= 4 is 44.7 Å². The molecule has 2 rings (SSSR count). The molecule has 106 valence electrons. The highest BCUT2D eigenvalue weighted by atomic mass is 79.9. The predicted octanol–water partition coefficient (Wildman–Crippen LogP) is 5.20. The van der Waals surface area contributed by atoms with Crippen LogP contribution in [0.25, 0.3) is 0 Å². The zero-order chi connectivity index (χ0) is 14.5. The van der Waals surface area contributed by atoms with Crippen molar-refractivity contribution in [2.75, 3.05) is 17.2 Å². The number of hydrogen-bond donors (Lipinski definition) is 2. The Bertz CT molecular complexity index is 584. The highest BCUT2D eigenvalue weighted by molar-refractivity contribution is 9.10. The molecule has 0 amide bonds. The van der Waals surface area contributed by atoms with Gasteiger partial charge in [-0.1, -0.05) is 18.5 Å². The summed E-state index contributed by atoms with van der Waals surface area (Å²) >= 11 is 9.34. The third-order valence-electron chi connectivity index (χ3n) is 2.59. The molecule has 0 atom stereocenters. The van der Waals surface area contributed by atoms with Crippen molar-refractivity contribution in [2.45, 2.75) is 13.3 Å². The number of hydrogen-bond acceptors (Lipinski definition) is 3. The summed E-state index contributed by atoms with van der Waals surface area (Å²) in [6.45, 7) is 2.95. The standard InChI is InChI=1S/C14H14BrClFN3/c1-2-4-18-13-8-10(3-5-19-13)20-14-11(15)6-9(17)7-12(14)16/h3,5-8H,2,4H2,1H3,(H2,18,19,20). The molecule has 3 nitrogen and oxygen atoms in total. The smallest absolute Gasteiger partial charge is 0.127 e. The molecule has 2 N–H and O–H groups in total. The normalized spacial score (nSPS) is 10.4. The minimum absolute atomic E-state index is 0.316. The van der Waals surface area contributed by atoms with Crippen LogP contribution in [0.2, 0.25) is 5.02 Å². The zero-order valence-corrected chi connectivity index (χ0v) is 13.2. The third-order valence-corrected chi connectivity index (χ3v) is 3.52. The predicted molar refractivity (Wildman–Crippen MR) is 85.4 cm³/mol. The van der Waals surface area contributed by atoms with Gasteiger partial charge in [-0.05, 0) is 40.5 Å². The summed E-state index contributed by atoms with van der Waals surface area (Å²) in [6, 6.07) is 6.34. The van der Waals surface area contributed by atoms with E-state index in [0.717, 1.165) is 24.5 Å². The van der Waals surface area contributed by atoms with Crippen molar-refractivity contribution in [2.24, 2.45) is 0 Å². The highest BCUT2D eigenvalue weighted by Crippen LogP contribution is 2.34. The number of nitrogens with zero attached hydrogens (tertiary/aromatic N) is 1. The minimum Gasteiger partial charge on any atom is -0.370 e. The van der Waals surface area contributed by atoms with Crippen LogP contribution in [0.4, 0.5) is 21.6 Å². The van der Waals surface area contributed by atoms with Crippen LogP contribution in [0.15, 0.2) is 34.9 Å². The van der Waals surface area contributed by atoms with E-state index in [4.69, 9.17) is 11.6 Å². The largest absolute Gasteiger partial charge is 0.370 e. The van der Waals surface area contributed by atoms with Gasteiger partial charge in [0.2, 0.25) is 0 Å². The van der Waals surface area contributed by atoms with E-state index in [0.29, 0.717) is 15.2 Å². The molecular formula is C14H14BrClFN3. The van der Waals surface area contributed by atoms with Crippen molar-refractivity contribution in [3.8, 4) is 0 Å². The lowest BCUT2D eigenvalue weighted by Gasteiger charge is -2.12. The van der Waals surface area contributed by atoms with Gasteiger partial charge < -0.3 is 10.6 Å². The first-order valence-corrected chi connectivity index (χ1v) is 7.38. The van der Waals surface area contributed by atoms with Crippen molar-refractivity contribution in [1.29, 1.82) is 0 Å². The quantitative estimate of drug-likeness (QED) is 0.771. The van der Waals surface area contributed by atoms with E-state index in [2.05, 4.69) is 38.5 Å². The van der Waals surface area contributed by atoms with Gasteiger partial charge in [-0.15, -0.1) is 0 Å². The Morgan fingerprint density at radius 2 is 2.15 bits per heavy atom. The van der Waals surface area contributed by atoms with E-state index in [1.54, 1.807) is 6.20 Å². The van der Waals surface area contributed by atoms with Crippen LogP contribution in [0.3, 0.4) is 0 Å². The number of nitrogens with one attached hydrogen (secondary N) is 2. The molecule has 0 bridgehead atoms. The van der Waals surface area contributed by atoms with E-state index < -0.39 is 0 Å². The molecule has 6 heteroatoms. The summed E-state index contributed by atoms with van der Waals surface area (Å²) in [5, 5.41) is 6.68. The molecule has 1 aromatic heterocycles. The van der Waals surface area contributed by atoms with Gasteiger partial charge in [-0.2, -0.15) is 0 Å². The topological polar surface area (TPSA) is 37.0 Å². The molecule has 1 aromatic carbocycles. The van der Waals surface area contributed by atoms with E-state index in [1.807, 2.05) is 12.1 Å². The van der Waals surface area contributed by atoms with Gasteiger partial charge in [-0.3, -0.25) is 0 Å². The van der Waals surface area contributed by atoms with Crippen LogP contribution < -0.4 is 10.6 Å². The van der Waals surface area contributed by atoms with Gasteiger partial charge in [0, 0.05) is 29.0 Å². The van der Waals surface area contributed by atoms with Gasteiger partial charge in [0.25, 0.3) is 0 Å². The number of rotatable bonds is 5. The monoisotopic (exact) mass is 357 g/mol. The number of benzene rings is 1. The summed E-state index contributed by atoms with van der Waals surface area (Å²) in [4.78, 5) is 4.22. The minimum atomic E-state index is -0.382. The molecule has 0 radical (unpaired) electrons. The fourth-order valence-electron chi connectivity index (χ4n) is 1.66. The Labute approximate surface area is 130 Å². The van der Waals surface area contributed by atoms with Gasteiger partial charge in [-0.25, -0.2) is 9.37 Å². The van der Waals surface area contributed by atoms with Crippen molar-refractivity contribution in [3.05, 3.63) is 45.8 Å². The lowest BCUT2D eigenvalue weighted by atomic mass is 10.3. The molecule has 0 unspecified atom stereocenters. The molecule has 0 aliphatic heterocycles. The van der Waals surface area contributed by atoms with Gasteiger partial charge in [0.15, 0.2) is 0 Å². The number of aromatic nitrogens is 1. The summed E-state index contributed by atoms with van der Waals surface area (Å²) in [6.07, 6.45) is 2.72. The van der Waals surface area contributed by atoms with E-state index >= 15 is 0 Å². The van der Waals surface area contributed by atoms with Crippen molar-refractivity contribution in [1.82, 2.24) is 4.98 Å². The molecule has 20 heavy (non-hydrogen) atoms. The van der Waals surface area contributed by atoms with Crippen LogP contribution in [0.1, 0.15) is 13.3 Å². The molecule has 1 heterocycles. The van der Waals surface area contributed by atoms with Crippen LogP contribution >= 0.6 is 27.5 Å². The third kappa shape index (κ3) is 3.84. The first kappa shape index (κ1) is 15.1. The number of halogens is 3. The SMILES string of the molecule is CCCNc1cc(Nc2c(Cl)cc(F)cc2Br)ccn1. The van der Waals surface area contributed by atoms with E-state index in [-0.39, 0.29) is 5.82 Å². The van der Waals surface area contributed by atoms with E-state index in [9.17, 15) is 4.39 Å². The van der Waals surface area contributed by atoms with Gasteiger partial charge in [0.05, 0.1) is 10.7 Å². The molecule has 0 saturated carbocycles. The van der Waals surface area contributed by atoms with Crippen molar-refractivity contribution in [3.63, 3.8) is 0 Å². The van der Waals surface area contributed by atoms with Gasteiger partial charge >= 0.3 is 0 Å². The maximum Gasteiger partial charge on any atom is 0.127 e. The van der Waals surface area contributed by atoms with Crippen LogP contribution in [-0.2, 0) is 0 Å². The Morgan fingerprint density at radius 1 is 1.35 bits per heavy atom. The zero-order valence-electron chi connectivity index (χ0n) is 10.9. The van der Waals surface area contributed by atoms with Crippen LogP contribution in [0, 0.1) is 5.82 Å². The van der Waals surface area contributed by atoms with Gasteiger partial charge in [0.1, 0.15) is 11.6 Å². The van der Waals surface area contributed by atoms with Crippen molar-refractivity contribution < 1.29 is 4.39 Å². The summed E-state index contributed by atoms with van der Waals surface area (Å²) in [5.74, 6) is 0.402. The number of anilines is 3. The average molecular weight is 359 g/mol. The molecule has 0 saturated heterocycles. The average Bonchev–Trinajstić information content (AvgIpc) is 2.41.